The Morgan fingerprint density at radius 2 is 0.667 bits per heavy atom. The first kappa shape index (κ1) is 31.8. The van der Waals surface area contributed by atoms with Gasteiger partial charge in [-0.1, -0.05) is 0 Å². The van der Waals surface area contributed by atoms with Gasteiger partial charge in [0, 0.05) is 0 Å². The molecule has 0 amide bonds. The zero-order chi connectivity index (χ0) is 17.5. The summed E-state index contributed by atoms with van der Waals surface area (Å²) in [5.41, 5.74) is 0. The fourth-order valence-corrected chi connectivity index (χ4v) is 3.91. The first-order valence-corrected chi connectivity index (χ1v) is 10.1. The molecule has 2 rings (SSSR count). The SMILES string of the molecule is O.O.O=S(=O)([O-])c1ccc(S(=O)(=O)c2ccc(S(=O)(=O)[O-])cc2)cc1.[Na+].[Na+]. The van der Waals surface area contributed by atoms with Gasteiger partial charge in [0.1, 0.15) is 20.2 Å². The van der Waals surface area contributed by atoms with E-state index in [4.69, 9.17) is 0 Å². The van der Waals surface area contributed by atoms with Gasteiger partial charge in [-0.05, 0) is 48.5 Å². The summed E-state index contributed by atoms with van der Waals surface area (Å²) in [6, 6.07) is 7.18. The molecule has 0 radical (unpaired) electrons. The van der Waals surface area contributed by atoms with Gasteiger partial charge in [0.2, 0.25) is 9.84 Å². The minimum absolute atomic E-state index is 0. The summed E-state index contributed by atoms with van der Waals surface area (Å²) in [6.45, 7) is 0. The first-order valence-electron chi connectivity index (χ1n) is 5.79. The van der Waals surface area contributed by atoms with E-state index >= 15 is 0 Å². The Kier molecular flexibility index (Phi) is 13.4. The molecule has 0 aliphatic rings. The minimum atomic E-state index is -4.70. The van der Waals surface area contributed by atoms with E-state index in [1.807, 2.05) is 0 Å². The maximum Gasteiger partial charge on any atom is 1.00 e. The number of hydrogen-bond acceptors (Lipinski definition) is 8. The van der Waals surface area contributed by atoms with Crippen molar-refractivity contribution in [3.05, 3.63) is 48.5 Å². The number of hydrogen-bond donors (Lipinski definition) is 0. The molecule has 2 aromatic carbocycles. The van der Waals surface area contributed by atoms with Crippen molar-refractivity contribution < 1.29 is 104 Å². The Balaban J connectivity index is -0.00000144. The van der Waals surface area contributed by atoms with Crippen LogP contribution in [0.25, 0.3) is 0 Å². The largest absolute Gasteiger partial charge is 1.00 e. The molecule has 0 aliphatic carbocycles. The molecule has 10 nitrogen and oxygen atoms in total. The molecule has 0 heterocycles. The molecule has 140 valence electrons. The van der Waals surface area contributed by atoms with E-state index in [-0.39, 0.29) is 79.9 Å². The van der Waals surface area contributed by atoms with Crippen LogP contribution in [-0.4, -0.2) is 45.3 Å². The molecule has 0 unspecified atom stereocenters. The summed E-state index contributed by atoms with van der Waals surface area (Å²) in [7, 11) is -13.5. The average molecular weight is 458 g/mol. The zero-order valence-electron chi connectivity index (χ0n) is 14.1. The Hall–Kier alpha value is 0.130. The van der Waals surface area contributed by atoms with Crippen molar-refractivity contribution in [3.63, 3.8) is 0 Å². The van der Waals surface area contributed by atoms with E-state index in [0.717, 1.165) is 48.5 Å². The van der Waals surface area contributed by atoms with E-state index in [0.29, 0.717) is 0 Å². The molecule has 15 heteroatoms. The van der Waals surface area contributed by atoms with Crippen molar-refractivity contribution in [2.45, 2.75) is 19.6 Å². The summed E-state index contributed by atoms with van der Waals surface area (Å²) < 4.78 is 89.4. The number of sulfone groups is 1. The third-order valence-corrected chi connectivity index (χ3v) is 6.33. The molecule has 0 spiro atoms. The molecular weight excluding hydrogens is 446 g/mol. The smallest absolute Gasteiger partial charge is 0.744 e. The van der Waals surface area contributed by atoms with Gasteiger partial charge in [-0.2, -0.15) is 0 Å². The zero-order valence-corrected chi connectivity index (χ0v) is 20.6. The molecule has 0 aliphatic heterocycles. The average Bonchev–Trinajstić information content (AvgIpc) is 2.46. The minimum Gasteiger partial charge on any atom is -0.744 e. The van der Waals surface area contributed by atoms with Gasteiger partial charge in [0.05, 0.1) is 19.6 Å². The van der Waals surface area contributed by atoms with Crippen LogP contribution in [0.1, 0.15) is 0 Å². The Bertz CT molecular complexity index is 964. The number of rotatable bonds is 4. The molecule has 0 saturated carbocycles. The van der Waals surface area contributed by atoms with Crippen LogP contribution >= 0.6 is 0 Å². The summed E-state index contributed by atoms with van der Waals surface area (Å²) in [5, 5.41) is 0. The van der Waals surface area contributed by atoms with Gasteiger partial charge in [0.25, 0.3) is 0 Å². The first-order chi connectivity index (χ1) is 10.4. The third kappa shape index (κ3) is 7.81. The third-order valence-electron chi connectivity index (χ3n) is 2.85. The standard InChI is InChI=1S/C12H10O8S3.2Na.2H2O/c13-21(14,9-1-5-11(6-2-9)22(15,16)17)10-3-7-12(8-4-10)23(18,19)20;;;;/h1-8H,(H,15,16,17)(H,18,19,20);;;2*1H2/q;2*+1;;/p-2. The van der Waals surface area contributed by atoms with E-state index in [1.54, 1.807) is 0 Å². The second-order valence-corrected chi connectivity index (χ2v) is 9.06. The second-order valence-electron chi connectivity index (χ2n) is 4.35. The maximum absolute atomic E-state index is 12.3. The van der Waals surface area contributed by atoms with Gasteiger partial charge in [-0.3, -0.25) is 0 Å². The fraction of sp³-hybridized carbons (Fsp3) is 0. The van der Waals surface area contributed by atoms with Crippen molar-refractivity contribution in [3.8, 4) is 0 Å². The maximum atomic E-state index is 12.3. The quantitative estimate of drug-likeness (QED) is 0.316. The van der Waals surface area contributed by atoms with E-state index in [1.165, 1.54) is 0 Å². The summed E-state index contributed by atoms with van der Waals surface area (Å²) in [6.07, 6.45) is 0. The normalized spacial score (nSPS) is 11.0. The van der Waals surface area contributed by atoms with E-state index < -0.39 is 39.9 Å². The molecule has 0 atom stereocenters. The topological polar surface area (TPSA) is 212 Å². The van der Waals surface area contributed by atoms with Gasteiger partial charge < -0.3 is 20.1 Å². The van der Waals surface area contributed by atoms with Crippen LogP contribution in [0.5, 0.6) is 0 Å². The van der Waals surface area contributed by atoms with Gasteiger partial charge in [0.15, 0.2) is 0 Å². The van der Waals surface area contributed by atoms with Crippen molar-refractivity contribution in [2.75, 3.05) is 0 Å². The molecule has 0 saturated heterocycles. The predicted molar refractivity (Wildman–Crippen MR) is 81.5 cm³/mol. The summed E-state index contributed by atoms with van der Waals surface area (Å²) in [4.78, 5) is -1.74. The van der Waals surface area contributed by atoms with Gasteiger partial charge >= 0.3 is 59.1 Å². The van der Waals surface area contributed by atoms with Crippen molar-refractivity contribution in [2.24, 2.45) is 0 Å². The Morgan fingerprint density at radius 1 is 0.481 bits per heavy atom. The van der Waals surface area contributed by atoms with Crippen LogP contribution in [0.3, 0.4) is 0 Å². The van der Waals surface area contributed by atoms with Crippen LogP contribution in [-0.2, 0) is 30.1 Å². The summed E-state index contributed by atoms with van der Waals surface area (Å²) >= 11 is 0. The van der Waals surface area contributed by atoms with Gasteiger partial charge in [-0.15, -0.1) is 0 Å². The molecule has 0 aromatic heterocycles. The van der Waals surface area contributed by atoms with Crippen LogP contribution < -0.4 is 59.1 Å². The monoisotopic (exact) mass is 458 g/mol. The Morgan fingerprint density at radius 3 is 0.852 bits per heavy atom. The molecule has 2 aromatic rings. The van der Waals surface area contributed by atoms with Crippen LogP contribution in [0.4, 0.5) is 0 Å². The molecule has 0 bridgehead atoms. The second kappa shape index (κ2) is 11.3. The predicted octanol–water partition coefficient (Wildman–Crippen LogP) is -7.31. The van der Waals surface area contributed by atoms with E-state index in [9.17, 15) is 34.4 Å². The van der Waals surface area contributed by atoms with Crippen LogP contribution in [0.15, 0.2) is 68.1 Å². The van der Waals surface area contributed by atoms with Crippen LogP contribution in [0.2, 0.25) is 0 Å². The summed E-state index contributed by atoms with van der Waals surface area (Å²) in [5.74, 6) is 0. The van der Waals surface area contributed by atoms with Crippen molar-refractivity contribution in [1.82, 2.24) is 0 Å². The number of benzene rings is 2. The molecular formula is C12H12Na2O10S3. The Labute approximate surface area is 200 Å². The molecule has 0 fully saturated rings. The van der Waals surface area contributed by atoms with E-state index in [2.05, 4.69) is 0 Å². The van der Waals surface area contributed by atoms with Crippen molar-refractivity contribution in [1.29, 1.82) is 0 Å². The molecule has 27 heavy (non-hydrogen) atoms. The van der Waals surface area contributed by atoms with Crippen molar-refractivity contribution >= 4 is 30.1 Å². The fourth-order valence-electron chi connectivity index (χ4n) is 1.71. The van der Waals surface area contributed by atoms with Crippen LogP contribution in [0, 0.1) is 0 Å². The molecule has 4 N–H and O–H groups in total. The van der Waals surface area contributed by atoms with Gasteiger partial charge in [-0.25, -0.2) is 25.3 Å².